The fourth-order valence-electron chi connectivity index (χ4n) is 2.23. The summed E-state index contributed by atoms with van der Waals surface area (Å²) in [6, 6.07) is 11.2. The van der Waals surface area contributed by atoms with Crippen LogP contribution in [0.2, 0.25) is 5.02 Å². The lowest BCUT2D eigenvalue weighted by Gasteiger charge is -2.24. The van der Waals surface area contributed by atoms with E-state index in [1.54, 1.807) is 30.3 Å². The van der Waals surface area contributed by atoms with E-state index in [0.717, 1.165) is 12.1 Å². The molecule has 0 saturated carbocycles. The fourth-order valence-corrected chi connectivity index (χ4v) is 2.40. The monoisotopic (exact) mass is 372 g/mol. The van der Waals surface area contributed by atoms with E-state index in [0.29, 0.717) is 10.5 Å². The van der Waals surface area contributed by atoms with Gasteiger partial charge in [-0.2, -0.15) is 13.2 Å². The van der Waals surface area contributed by atoms with Crippen LogP contribution in [0.15, 0.2) is 48.5 Å². The minimum absolute atomic E-state index is 0.0145. The van der Waals surface area contributed by atoms with E-state index >= 15 is 0 Å². The predicted octanol–water partition coefficient (Wildman–Crippen LogP) is 4.45. The normalized spacial score (nSPS) is 11.2. The van der Waals surface area contributed by atoms with Gasteiger partial charge in [-0.3, -0.25) is 14.9 Å². The largest absolute Gasteiger partial charge is 0.406 e. The highest BCUT2D eigenvalue weighted by Gasteiger charge is 2.35. The van der Waals surface area contributed by atoms with Gasteiger partial charge in [0.05, 0.1) is 4.92 Å². The standard InChI is InChI=1S/C16H12ClF3N2O3/c17-12-6-7-14(22(24)25)13(8-12)15(23)21(10-16(18,19)20)9-11-4-2-1-3-5-11/h1-8H,9-10H2. The summed E-state index contributed by atoms with van der Waals surface area (Å²) in [5, 5.41) is 11.1. The topological polar surface area (TPSA) is 63.4 Å². The Bertz CT molecular complexity index is 782. The van der Waals surface area contributed by atoms with Crippen molar-refractivity contribution in [2.75, 3.05) is 6.54 Å². The molecule has 0 radical (unpaired) electrons. The molecule has 5 nitrogen and oxygen atoms in total. The number of nitro groups is 1. The van der Waals surface area contributed by atoms with Crippen LogP contribution < -0.4 is 0 Å². The van der Waals surface area contributed by atoms with Crippen LogP contribution in [-0.2, 0) is 6.54 Å². The highest BCUT2D eigenvalue weighted by molar-refractivity contribution is 6.31. The zero-order valence-corrected chi connectivity index (χ0v) is 13.4. The number of nitro benzene ring substituents is 1. The number of amides is 1. The molecule has 0 unspecified atom stereocenters. The van der Waals surface area contributed by atoms with Gasteiger partial charge in [-0.15, -0.1) is 0 Å². The number of rotatable bonds is 5. The molecule has 0 spiro atoms. The lowest BCUT2D eigenvalue weighted by Crippen LogP contribution is -2.38. The number of halogens is 4. The first kappa shape index (κ1) is 18.7. The average Bonchev–Trinajstić information content (AvgIpc) is 2.53. The third-order valence-corrected chi connectivity index (χ3v) is 3.49. The molecule has 9 heteroatoms. The molecular formula is C16H12ClF3N2O3. The highest BCUT2D eigenvalue weighted by Crippen LogP contribution is 2.26. The molecule has 0 atom stereocenters. The van der Waals surface area contributed by atoms with Crippen molar-refractivity contribution in [3.05, 3.63) is 74.8 Å². The van der Waals surface area contributed by atoms with E-state index in [4.69, 9.17) is 11.6 Å². The molecule has 132 valence electrons. The summed E-state index contributed by atoms with van der Waals surface area (Å²) in [5.41, 5.74) is -0.628. The van der Waals surface area contributed by atoms with Crippen LogP contribution in [0.4, 0.5) is 18.9 Å². The Morgan fingerprint density at radius 1 is 1.16 bits per heavy atom. The van der Waals surface area contributed by atoms with E-state index in [-0.39, 0.29) is 11.6 Å². The van der Waals surface area contributed by atoms with Gasteiger partial charge in [-0.05, 0) is 17.7 Å². The third kappa shape index (κ3) is 5.18. The Labute approximate surface area is 145 Å². The minimum Gasteiger partial charge on any atom is -0.325 e. The third-order valence-electron chi connectivity index (χ3n) is 3.26. The molecule has 0 saturated heterocycles. The predicted molar refractivity (Wildman–Crippen MR) is 85.3 cm³/mol. The summed E-state index contributed by atoms with van der Waals surface area (Å²) < 4.78 is 38.6. The first-order chi connectivity index (χ1) is 11.7. The zero-order valence-electron chi connectivity index (χ0n) is 12.7. The van der Waals surface area contributed by atoms with Gasteiger partial charge in [-0.1, -0.05) is 41.9 Å². The summed E-state index contributed by atoms with van der Waals surface area (Å²) in [5.74, 6) is -1.12. The van der Waals surface area contributed by atoms with Crippen LogP contribution in [0, 0.1) is 10.1 Å². The second-order valence-electron chi connectivity index (χ2n) is 5.18. The van der Waals surface area contributed by atoms with Crippen molar-refractivity contribution in [2.24, 2.45) is 0 Å². The van der Waals surface area contributed by atoms with Gasteiger partial charge in [0.25, 0.3) is 11.6 Å². The van der Waals surface area contributed by atoms with Crippen molar-refractivity contribution in [3.63, 3.8) is 0 Å². The quantitative estimate of drug-likeness (QED) is 0.575. The van der Waals surface area contributed by atoms with Crippen LogP contribution in [-0.4, -0.2) is 28.5 Å². The number of nitrogens with zero attached hydrogens (tertiary/aromatic N) is 2. The lowest BCUT2D eigenvalue weighted by atomic mass is 10.1. The molecule has 0 N–H and O–H groups in total. The molecule has 0 aromatic heterocycles. The molecule has 0 bridgehead atoms. The molecular weight excluding hydrogens is 361 g/mol. The summed E-state index contributed by atoms with van der Waals surface area (Å²) in [6.07, 6.45) is -4.65. The molecule has 0 aliphatic heterocycles. The van der Waals surface area contributed by atoms with Crippen LogP contribution in [0.25, 0.3) is 0 Å². The molecule has 0 heterocycles. The van der Waals surface area contributed by atoms with Crippen molar-refractivity contribution in [3.8, 4) is 0 Å². The summed E-state index contributed by atoms with van der Waals surface area (Å²) in [6.45, 7) is -1.88. The zero-order chi connectivity index (χ0) is 18.6. The number of hydrogen-bond acceptors (Lipinski definition) is 3. The Morgan fingerprint density at radius 2 is 1.80 bits per heavy atom. The molecule has 0 aliphatic carbocycles. The number of hydrogen-bond donors (Lipinski definition) is 0. The highest BCUT2D eigenvalue weighted by atomic mass is 35.5. The Hall–Kier alpha value is -2.61. The van der Waals surface area contributed by atoms with Gasteiger partial charge >= 0.3 is 6.18 Å². The maximum absolute atomic E-state index is 12.9. The molecule has 0 fully saturated rings. The molecule has 1 amide bonds. The Kier molecular flexibility index (Phi) is 5.63. The first-order valence-corrected chi connectivity index (χ1v) is 7.39. The van der Waals surface area contributed by atoms with E-state index in [2.05, 4.69) is 0 Å². The number of alkyl halides is 3. The van der Waals surface area contributed by atoms with Gasteiger partial charge in [0.1, 0.15) is 12.1 Å². The molecule has 2 aromatic rings. The number of carbonyl (C=O) groups is 1. The Balaban J connectivity index is 2.41. The van der Waals surface area contributed by atoms with Crippen molar-refractivity contribution < 1.29 is 22.9 Å². The van der Waals surface area contributed by atoms with Crippen molar-refractivity contribution in [1.29, 1.82) is 0 Å². The Morgan fingerprint density at radius 3 is 2.36 bits per heavy atom. The smallest absolute Gasteiger partial charge is 0.325 e. The van der Waals surface area contributed by atoms with E-state index < -0.39 is 34.8 Å². The van der Waals surface area contributed by atoms with E-state index in [1.807, 2.05) is 0 Å². The van der Waals surface area contributed by atoms with E-state index in [1.165, 1.54) is 6.07 Å². The van der Waals surface area contributed by atoms with Gasteiger partial charge < -0.3 is 4.90 Å². The fraction of sp³-hybridized carbons (Fsp3) is 0.188. The number of benzene rings is 2. The van der Waals surface area contributed by atoms with Gasteiger partial charge in [0.15, 0.2) is 0 Å². The maximum Gasteiger partial charge on any atom is 0.406 e. The van der Waals surface area contributed by atoms with Crippen molar-refractivity contribution in [1.82, 2.24) is 4.90 Å². The molecule has 2 rings (SSSR count). The lowest BCUT2D eigenvalue weighted by molar-refractivity contribution is -0.385. The summed E-state index contributed by atoms with van der Waals surface area (Å²) >= 11 is 5.75. The summed E-state index contributed by atoms with van der Waals surface area (Å²) in [7, 11) is 0. The second-order valence-corrected chi connectivity index (χ2v) is 5.62. The van der Waals surface area contributed by atoms with Crippen LogP contribution in [0.3, 0.4) is 0 Å². The maximum atomic E-state index is 12.9. The van der Waals surface area contributed by atoms with Crippen molar-refractivity contribution >= 4 is 23.2 Å². The van der Waals surface area contributed by atoms with E-state index in [9.17, 15) is 28.1 Å². The molecule has 2 aromatic carbocycles. The average molecular weight is 373 g/mol. The van der Waals surface area contributed by atoms with Crippen LogP contribution in [0.1, 0.15) is 15.9 Å². The molecule has 25 heavy (non-hydrogen) atoms. The SMILES string of the molecule is O=C(c1cc(Cl)ccc1[N+](=O)[O-])N(Cc1ccccc1)CC(F)(F)F. The van der Waals surface area contributed by atoms with Crippen LogP contribution in [0.5, 0.6) is 0 Å². The number of carbonyl (C=O) groups excluding carboxylic acids is 1. The molecule has 0 aliphatic rings. The second kappa shape index (κ2) is 7.52. The van der Waals surface area contributed by atoms with Gasteiger partial charge in [-0.25, -0.2) is 0 Å². The van der Waals surface area contributed by atoms with Gasteiger partial charge in [0, 0.05) is 17.6 Å². The van der Waals surface area contributed by atoms with Gasteiger partial charge in [0.2, 0.25) is 0 Å². The first-order valence-electron chi connectivity index (χ1n) is 7.01. The van der Waals surface area contributed by atoms with Crippen molar-refractivity contribution in [2.45, 2.75) is 12.7 Å². The summed E-state index contributed by atoms with van der Waals surface area (Å²) in [4.78, 5) is 23.3. The minimum atomic E-state index is -4.65. The van der Waals surface area contributed by atoms with Crippen LogP contribution >= 0.6 is 11.6 Å².